The summed E-state index contributed by atoms with van der Waals surface area (Å²) in [6.07, 6.45) is 2.93. The van der Waals surface area contributed by atoms with Crippen LogP contribution < -0.4 is 21.7 Å². The molecule has 0 aliphatic rings. The number of hydrogen-bond donors (Lipinski definition) is 7. The maximum absolute atomic E-state index is 12.4. The number of amides is 3. The first kappa shape index (κ1) is 21.4. The average molecular weight is 386 g/mol. The summed E-state index contributed by atoms with van der Waals surface area (Å²) in [5.41, 5.74) is 5.73. The number of carboxylic acid groups (broad SMARTS) is 1. The van der Waals surface area contributed by atoms with Gasteiger partial charge < -0.3 is 31.8 Å². The fraction of sp³-hybridized carbons (Fsp3) is 0.500. The molecule has 0 aliphatic heterocycles. The van der Waals surface area contributed by atoms with E-state index in [2.05, 4.69) is 38.5 Å². The van der Waals surface area contributed by atoms with Gasteiger partial charge in [0.1, 0.15) is 18.1 Å². The number of aromatic nitrogens is 2. The van der Waals surface area contributed by atoms with Crippen molar-refractivity contribution in [3.8, 4) is 0 Å². The summed E-state index contributed by atoms with van der Waals surface area (Å²) in [6, 6.07) is -3.22. The highest BCUT2D eigenvalue weighted by atomic mass is 32.1. The topological polar surface area (TPSA) is 179 Å². The lowest BCUT2D eigenvalue weighted by Gasteiger charge is -2.22. The number of aliphatic carboxylic acids is 1. The van der Waals surface area contributed by atoms with Gasteiger partial charge in [-0.2, -0.15) is 12.6 Å². The Kier molecular flexibility index (Phi) is 8.58. The zero-order valence-electron chi connectivity index (χ0n) is 14.1. The molecule has 0 radical (unpaired) electrons. The number of aromatic amines is 1. The largest absolute Gasteiger partial charge is 0.480 e. The molecule has 1 aromatic heterocycles. The molecule has 11 nitrogen and oxygen atoms in total. The fourth-order valence-corrected chi connectivity index (χ4v) is 2.19. The first-order valence-corrected chi connectivity index (χ1v) is 8.32. The van der Waals surface area contributed by atoms with Gasteiger partial charge in [0.15, 0.2) is 0 Å². The second-order valence-electron chi connectivity index (χ2n) is 5.42. The van der Waals surface area contributed by atoms with Crippen LogP contribution in [-0.2, 0) is 25.6 Å². The number of imidazole rings is 1. The molecule has 0 saturated heterocycles. The highest BCUT2D eigenvalue weighted by Crippen LogP contribution is 2.01. The van der Waals surface area contributed by atoms with Crippen molar-refractivity contribution in [2.45, 2.75) is 31.5 Å². The molecule has 0 aromatic carbocycles. The second-order valence-corrected chi connectivity index (χ2v) is 5.78. The zero-order valence-corrected chi connectivity index (χ0v) is 15.0. The van der Waals surface area contributed by atoms with Gasteiger partial charge in [0, 0.05) is 24.1 Å². The van der Waals surface area contributed by atoms with Crippen LogP contribution in [0.15, 0.2) is 12.5 Å². The fourth-order valence-electron chi connectivity index (χ4n) is 1.95. The van der Waals surface area contributed by atoms with E-state index in [0.29, 0.717) is 5.69 Å². The number of nitrogens with one attached hydrogen (secondary N) is 4. The van der Waals surface area contributed by atoms with E-state index in [1.807, 2.05) is 0 Å². The van der Waals surface area contributed by atoms with Crippen LogP contribution in [0.25, 0.3) is 0 Å². The minimum atomic E-state index is -1.25. The third-order valence-electron chi connectivity index (χ3n) is 3.37. The van der Waals surface area contributed by atoms with Crippen molar-refractivity contribution in [3.05, 3.63) is 18.2 Å². The molecule has 3 atom stereocenters. The van der Waals surface area contributed by atoms with Crippen LogP contribution in [0.1, 0.15) is 12.6 Å². The Hall–Kier alpha value is -2.60. The van der Waals surface area contributed by atoms with Crippen molar-refractivity contribution >= 4 is 36.3 Å². The SMILES string of the molecule is CC(NC(=O)CN)C(=O)NC(Cc1cnc[nH]1)C(=O)NC(CS)C(=O)O. The highest BCUT2D eigenvalue weighted by Gasteiger charge is 2.28. The molecule has 0 bridgehead atoms. The minimum Gasteiger partial charge on any atom is -0.480 e. The number of H-pyrrole nitrogens is 1. The third kappa shape index (κ3) is 6.72. The number of hydrogen-bond acceptors (Lipinski definition) is 7. The maximum atomic E-state index is 12.4. The maximum Gasteiger partial charge on any atom is 0.327 e. The van der Waals surface area contributed by atoms with Crippen LogP contribution in [0.2, 0.25) is 0 Å². The second kappa shape index (κ2) is 10.4. The van der Waals surface area contributed by atoms with Gasteiger partial charge in [-0.15, -0.1) is 0 Å². The molecule has 3 unspecified atom stereocenters. The number of rotatable bonds is 10. The molecule has 3 amide bonds. The Morgan fingerprint density at radius 3 is 2.38 bits per heavy atom. The zero-order chi connectivity index (χ0) is 19.7. The summed E-state index contributed by atoms with van der Waals surface area (Å²) in [5.74, 6) is -3.21. The Bertz CT molecular complexity index is 638. The van der Waals surface area contributed by atoms with Gasteiger partial charge >= 0.3 is 5.97 Å². The molecule has 0 saturated carbocycles. The van der Waals surface area contributed by atoms with E-state index in [-0.39, 0.29) is 18.7 Å². The van der Waals surface area contributed by atoms with Gasteiger partial charge in [0.25, 0.3) is 0 Å². The van der Waals surface area contributed by atoms with Gasteiger partial charge in [-0.1, -0.05) is 0 Å². The van der Waals surface area contributed by atoms with Crippen LogP contribution in [0.4, 0.5) is 0 Å². The average Bonchev–Trinajstić information content (AvgIpc) is 3.11. The standard InChI is InChI=1S/C14H22N6O5S/c1-7(18-11(21)3-15)12(22)19-9(2-8-4-16-6-17-8)13(23)20-10(5-26)14(24)25/h4,6-7,9-10,26H,2-3,5,15H2,1H3,(H,16,17)(H,18,21)(H,19,22)(H,20,23)(H,24,25). The molecule has 1 rings (SSSR count). The Balaban J connectivity index is 2.83. The summed E-state index contributed by atoms with van der Waals surface area (Å²) in [4.78, 5) is 53.6. The lowest BCUT2D eigenvalue weighted by molar-refractivity contribution is -0.141. The van der Waals surface area contributed by atoms with E-state index in [0.717, 1.165) is 0 Å². The molecule has 1 aromatic rings. The van der Waals surface area contributed by atoms with Gasteiger partial charge in [0.2, 0.25) is 17.7 Å². The summed E-state index contributed by atoms with van der Waals surface area (Å²) in [6.45, 7) is 1.15. The van der Waals surface area contributed by atoms with E-state index in [1.54, 1.807) is 0 Å². The van der Waals surface area contributed by atoms with Crippen molar-refractivity contribution in [1.29, 1.82) is 0 Å². The van der Waals surface area contributed by atoms with E-state index in [9.17, 15) is 19.2 Å². The van der Waals surface area contributed by atoms with Crippen LogP contribution in [0, 0.1) is 0 Å². The number of carbonyl (C=O) groups excluding carboxylic acids is 3. The molecule has 0 aliphatic carbocycles. The Morgan fingerprint density at radius 2 is 1.88 bits per heavy atom. The van der Waals surface area contributed by atoms with Crippen molar-refractivity contribution in [1.82, 2.24) is 25.9 Å². The van der Waals surface area contributed by atoms with Crippen molar-refractivity contribution in [2.24, 2.45) is 5.73 Å². The van der Waals surface area contributed by atoms with Crippen molar-refractivity contribution in [2.75, 3.05) is 12.3 Å². The highest BCUT2D eigenvalue weighted by molar-refractivity contribution is 7.80. The molecule has 26 heavy (non-hydrogen) atoms. The van der Waals surface area contributed by atoms with Crippen molar-refractivity contribution in [3.63, 3.8) is 0 Å². The van der Waals surface area contributed by atoms with Crippen LogP contribution in [0.5, 0.6) is 0 Å². The Labute approximate surface area is 154 Å². The first-order chi connectivity index (χ1) is 12.3. The lowest BCUT2D eigenvalue weighted by Crippen LogP contribution is -2.56. The first-order valence-electron chi connectivity index (χ1n) is 7.69. The quantitative estimate of drug-likeness (QED) is 0.215. The number of carbonyl (C=O) groups is 4. The summed E-state index contributed by atoms with van der Waals surface area (Å²) in [5, 5.41) is 16.2. The molecular formula is C14H22N6O5S. The van der Waals surface area contributed by atoms with Crippen LogP contribution >= 0.6 is 12.6 Å². The van der Waals surface area contributed by atoms with Gasteiger partial charge in [0.05, 0.1) is 12.9 Å². The Morgan fingerprint density at radius 1 is 1.23 bits per heavy atom. The minimum absolute atomic E-state index is 0.0496. The van der Waals surface area contributed by atoms with E-state index in [1.165, 1.54) is 19.4 Å². The van der Waals surface area contributed by atoms with Crippen LogP contribution in [-0.4, -0.2) is 69.2 Å². The van der Waals surface area contributed by atoms with Gasteiger partial charge in [-0.05, 0) is 6.92 Å². The molecule has 12 heteroatoms. The molecule has 144 valence electrons. The van der Waals surface area contributed by atoms with Gasteiger partial charge in [-0.3, -0.25) is 14.4 Å². The van der Waals surface area contributed by atoms with Crippen molar-refractivity contribution < 1.29 is 24.3 Å². The lowest BCUT2D eigenvalue weighted by atomic mass is 10.1. The predicted octanol–water partition coefficient (Wildman–Crippen LogP) is -2.60. The molecule has 0 fully saturated rings. The van der Waals surface area contributed by atoms with Gasteiger partial charge in [-0.25, -0.2) is 9.78 Å². The molecule has 1 heterocycles. The smallest absolute Gasteiger partial charge is 0.327 e. The monoisotopic (exact) mass is 386 g/mol. The summed E-state index contributed by atoms with van der Waals surface area (Å²) < 4.78 is 0. The summed E-state index contributed by atoms with van der Waals surface area (Å²) in [7, 11) is 0. The van der Waals surface area contributed by atoms with Crippen LogP contribution in [0.3, 0.4) is 0 Å². The number of nitrogens with zero attached hydrogens (tertiary/aromatic N) is 1. The van der Waals surface area contributed by atoms with E-state index >= 15 is 0 Å². The number of carboxylic acids is 1. The molecular weight excluding hydrogens is 364 g/mol. The normalized spacial score (nSPS) is 14.0. The molecule has 0 spiro atoms. The number of thiol groups is 1. The number of nitrogens with two attached hydrogens (primary N) is 1. The van der Waals surface area contributed by atoms with E-state index in [4.69, 9.17) is 10.8 Å². The summed E-state index contributed by atoms with van der Waals surface area (Å²) >= 11 is 3.88. The van der Waals surface area contributed by atoms with E-state index < -0.39 is 41.8 Å². The molecule has 7 N–H and O–H groups in total. The predicted molar refractivity (Wildman–Crippen MR) is 94.3 cm³/mol. The third-order valence-corrected chi connectivity index (χ3v) is 3.73.